The Labute approximate surface area is 143 Å². The molecule has 10 heteroatoms. The molecule has 6 nitrogen and oxygen atoms in total. The van der Waals surface area contributed by atoms with Gasteiger partial charge in [0.2, 0.25) is 0 Å². The van der Waals surface area contributed by atoms with Gasteiger partial charge >= 0.3 is 12.1 Å². The Morgan fingerprint density at radius 3 is 2.17 bits per heavy atom. The summed E-state index contributed by atoms with van der Waals surface area (Å²) in [6.45, 7) is 10.3. The minimum atomic E-state index is -4.86. The van der Waals surface area contributed by atoms with Crippen LogP contribution in [0.25, 0.3) is 0 Å². The van der Waals surface area contributed by atoms with Gasteiger partial charge in [-0.2, -0.15) is 13.2 Å². The number of halogens is 3. The van der Waals surface area contributed by atoms with E-state index in [2.05, 4.69) is 4.67 Å². The van der Waals surface area contributed by atoms with Gasteiger partial charge in [0.15, 0.2) is 0 Å². The number of hydrogen-bond donors (Lipinski definition) is 2. The predicted molar refractivity (Wildman–Crippen MR) is 88.3 cm³/mol. The van der Waals surface area contributed by atoms with E-state index in [1.807, 2.05) is 39.9 Å². The largest absolute Gasteiger partial charge is 0.471 e. The summed E-state index contributed by atoms with van der Waals surface area (Å²) < 4.78 is 49.9. The zero-order valence-corrected chi connectivity index (χ0v) is 15.8. The molecule has 0 spiro atoms. The minimum Gasteiger partial charge on any atom is -0.348 e. The number of hydrogen-bond acceptors (Lipinski definition) is 5. The van der Waals surface area contributed by atoms with E-state index in [4.69, 9.17) is 14.8 Å². The van der Waals surface area contributed by atoms with Gasteiger partial charge in [0.1, 0.15) is 0 Å². The first-order valence-electron chi connectivity index (χ1n) is 7.93. The van der Waals surface area contributed by atoms with E-state index in [0.29, 0.717) is 6.54 Å². The Morgan fingerprint density at radius 1 is 1.21 bits per heavy atom. The van der Waals surface area contributed by atoms with Gasteiger partial charge in [-0.3, -0.25) is 4.79 Å². The van der Waals surface area contributed by atoms with Gasteiger partial charge in [0, 0.05) is 25.2 Å². The van der Waals surface area contributed by atoms with Crippen molar-refractivity contribution in [3.8, 4) is 0 Å². The highest BCUT2D eigenvalue weighted by Gasteiger charge is 2.38. The lowest BCUT2D eigenvalue weighted by molar-refractivity contribution is -0.173. The van der Waals surface area contributed by atoms with Gasteiger partial charge in [0.25, 0.3) is 8.53 Å². The van der Waals surface area contributed by atoms with Crippen LogP contribution in [0.5, 0.6) is 0 Å². The quantitative estimate of drug-likeness (QED) is 0.429. The lowest BCUT2D eigenvalue weighted by Crippen LogP contribution is -2.37. The third-order valence-electron chi connectivity index (χ3n) is 2.91. The molecule has 1 amide bonds. The molecule has 0 aromatic heterocycles. The Balaban J connectivity index is 4.49. The number of carbonyl (C=O) groups is 1. The molecule has 0 saturated carbocycles. The fraction of sp³-hybridized carbons (Fsp3) is 0.929. The minimum absolute atomic E-state index is 0.114. The molecule has 0 radical (unpaired) electrons. The average molecular weight is 375 g/mol. The number of alkyl halides is 3. The summed E-state index contributed by atoms with van der Waals surface area (Å²) in [5.74, 6) is -1.94. The van der Waals surface area contributed by atoms with E-state index >= 15 is 0 Å². The van der Waals surface area contributed by atoms with Crippen LogP contribution >= 0.6 is 8.53 Å². The number of nitrogens with one attached hydrogen (secondary N) is 1. The topological polar surface area (TPSA) is 76.8 Å². The fourth-order valence-electron chi connectivity index (χ4n) is 1.84. The molecule has 0 saturated heterocycles. The molecule has 0 heterocycles. The average Bonchev–Trinajstić information content (AvgIpc) is 2.44. The third kappa shape index (κ3) is 9.13. The summed E-state index contributed by atoms with van der Waals surface area (Å²) in [6, 6.07) is 0.344. The zero-order valence-electron chi connectivity index (χ0n) is 14.9. The van der Waals surface area contributed by atoms with Crippen molar-refractivity contribution in [2.45, 2.75) is 65.4 Å². The summed E-state index contributed by atoms with van der Waals surface area (Å²) in [5, 5.41) is 1.81. The van der Waals surface area contributed by atoms with E-state index < -0.39 is 20.6 Å². The first-order valence-corrected chi connectivity index (χ1v) is 9.06. The highest BCUT2D eigenvalue weighted by atomic mass is 31.2. The Morgan fingerprint density at radius 2 is 1.75 bits per heavy atom. The lowest BCUT2D eigenvalue weighted by atomic mass is 10.3. The second kappa shape index (κ2) is 11.2. The number of nitrogens with two attached hydrogens (primary N) is 1. The summed E-state index contributed by atoms with van der Waals surface area (Å²) in [4.78, 5) is 10.7. The van der Waals surface area contributed by atoms with Gasteiger partial charge in [-0.15, -0.1) is 0 Å². The lowest BCUT2D eigenvalue weighted by Gasteiger charge is -2.36. The smallest absolute Gasteiger partial charge is 0.348 e. The Kier molecular flexibility index (Phi) is 11.0. The number of carbonyl (C=O) groups excluding carboxylic acids is 1. The van der Waals surface area contributed by atoms with Crippen LogP contribution in [0.4, 0.5) is 13.2 Å². The molecule has 3 N–H and O–H groups in total. The van der Waals surface area contributed by atoms with Crippen molar-refractivity contribution in [1.29, 1.82) is 0 Å². The van der Waals surface area contributed by atoms with Crippen LogP contribution in [0.15, 0.2) is 0 Å². The predicted octanol–water partition coefficient (Wildman–Crippen LogP) is 2.78. The number of rotatable bonds is 11. The van der Waals surface area contributed by atoms with Gasteiger partial charge in [0.05, 0.1) is 12.7 Å². The maximum atomic E-state index is 12.1. The van der Waals surface area contributed by atoms with Crippen molar-refractivity contribution in [2.24, 2.45) is 5.73 Å². The normalized spacial score (nSPS) is 15.2. The van der Waals surface area contributed by atoms with Crippen LogP contribution in [0.2, 0.25) is 0 Å². The number of nitrogens with zero attached hydrogens (tertiary/aromatic N) is 1. The van der Waals surface area contributed by atoms with E-state index in [1.54, 1.807) is 0 Å². The number of amides is 1. The standard InChI is InChI=1S/C14H29F3N3O3P/c1-10(2)20(11(3)4)24(23-12(5)9-18)22-8-6-7-19-13(21)14(15,16)17/h10-12H,6-9,18H2,1-5H3,(H,19,21). The van der Waals surface area contributed by atoms with Crippen molar-refractivity contribution >= 4 is 14.4 Å². The first kappa shape index (κ1) is 23.5. The van der Waals surface area contributed by atoms with Crippen molar-refractivity contribution in [3.05, 3.63) is 0 Å². The van der Waals surface area contributed by atoms with Gasteiger partial charge in [-0.25, -0.2) is 4.67 Å². The molecule has 2 unspecified atom stereocenters. The molecule has 0 fully saturated rings. The molecule has 0 aliphatic carbocycles. The molecular formula is C14H29F3N3O3P. The van der Waals surface area contributed by atoms with E-state index in [9.17, 15) is 18.0 Å². The van der Waals surface area contributed by atoms with E-state index in [0.717, 1.165) is 0 Å². The van der Waals surface area contributed by atoms with Crippen LogP contribution in [0.1, 0.15) is 41.0 Å². The first-order chi connectivity index (χ1) is 11.0. The van der Waals surface area contributed by atoms with Gasteiger partial charge in [-0.05, 0) is 41.0 Å². The maximum Gasteiger partial charge on any atom is 0.471 e. The summed E-state index contributed by atoms with van der Waals surface area (Å²) in [5.41, 5.74) is 5.58. The molecule has 0 aliphatic heterocycles. The highest BCUT2D eigenvalue weighted by Crippen LogP contribution is 2.46. The van der Waals surface area contributed by atoms with Gasteiger partial charge < -0.3 is 20.1 Å². The molecule has 24 heavy (non-hydrogen) atoms. The summed E-state index contributed by atoms with van der Waals surface area (Å²) in [7, 11) is -1.38. The maximum absolute atomic E-state index is 12.1. The molecule has 2 atom stereocenters. The molecular weight excluding hydrogens is 346 g/mol. The second-order valence-corrected chi connectivity index (χ2v) is 7.30. The van der Waals surface area contributed by atoms with Crippen LogP contribution in [-0.4, -0.2) is 54.6 Å². The SMILES string of the molecule is CC(CN)OP(OCCCNC(=O)C(F)(F)F)N(C(C)C)C(C)C. The molecule has 0 aromatic carbocycles. The molecule has 144 valence electrons. The highest BCUT2D eigenvalue weighted by molar-refractivity contribution is 7.44. The van der Waals surface area contributed by atoms with Crippen molar-refractivity contribution < 1.29 is 27.0 Å². The Bertz CT molecular complexity index is 363. The van der Waals surface area contributed by atoms with Gasteiger partial charge in [-0.1, -0.05) is 0 Å². The van der Waals surface area contributed by atoms with Crippen LogP contribution in [0.3, 0.4) is 0 Å². The van der Waals surface area contributed by atoms with Crippen LogP contribution in [-0.2, 0) is 13.8 Å². The molecule has 0 rings (SSSR count). The molecule has 0 aromatic rings. The van der Waals surface area contributed by atoms with Crippen molar-refractivity contribution in [1.82, 2.24) is 9.99 Å². The van der Waals surface area contributed by atoms with E-state index in [1.165, 1.54) is 0 Å². The van der Waals surface area contributed by atoms with Crippen molar-refractivity contribution in [3.63, 3.8) is 0 Å². The fourth-order valence-corrected chi connectivity index (χ4v) is 3.58. The molecule has 0 aliphatic rings. The summed E-state index contributed by atoms with van der Waals surface area (Å²) >= 11 is 0. The van der Waals surface area contributed by atoms with Crippen LogP contribution < -0.4 is 11.1 Å². The summed E-state index contributed by atoms with van der Waals surface area (Å²) in [6.07, 6.45) is -4.80. The monoisotopic (exact) mass is 375 g/mol. The third-order valence-corrected chi connectivity index (χ3v) is 5.16. The second-order valence-electron chi connectivity index (χ2n) is 5.90. The zero-order chi connectivity index (χ0) is 18.9. The van der Waals surface area contributed by atoms with Crippen molar-refractivity contribution in [2.75, 3.05) is 19.7 Å². The van der Waals surface area contributed by atoms with E-state index in [-0.39, 0.29) is 37.8 Å². The Hall–Kier alpha value is -0.470. The van der Waals surface area contributed by atoms with Crippen LogP contribution in [0, 0.1) is 0 Å². The molecule has 0 bridgehead atoms.